The van der Waals surface area contributed by atoms with Crippen LogP contribution in [-0.2, 0) is 13.6 Å². The zero-order valence-corrected chi connectivity index (χ0v) is 21.8. The fourth-order valence-electron chi connectivity index (χ4n) is 5.34. The second kappa shape index (κ2) is 9.75. The zero-order valence-electron chi connectivity index (χ0n) is 21.8. The molecule has 4 aromatic rings. The Labute approximate surface area is 216 Å². The summed E-state index contributed by atoms with van der Waals surface area (Å²) in [5.41, 5.74) is 4.89. The van der Waals surface area contributed by atoms with Gasteiger partial charge in [0.05, 0.1) is 23.1 Å². The normalized spacial score (nSPS) is 16.7. The Morgan fingerprint density at radius 1 is 1.05 bits per heavy atom. The van der Waals surface area contributed by atoms with E-state index in [0.717, 1.165) is 66.6 Å². The van der Waals surface area contributed by atoms with Crippen molar-refractivity contribution in [2.24, 2.45) is 7.05 Å². The summed E-state index contributed by atoms with van der Waals surface area (Å²) in [7, 11) is 1.90. The molecule has 1 amide bonds. The monoisotopic (exact) mass is 501 g/mol. The van der Waals surface area contributed by atoms with Crippen LogP contribution in [0.15, 0.2) is 30.7 Å². The maximum absolute atomic E-state index is 13.4. The van der Waals surface area contributed by atoms with Crippen LogP contribution in [0.1, 0.15) is 54.4 Å². The minimum absolute atomic E-state index is 0.219. The number of hydrogen-bond donors (Lipinski definition) is 3. The Morgan fingerprint density at radius 2 is 1.84 bits per heavy atom. The predicted molar refractivity (Wildman–Crippen MR) is 145 cm³/mol. The first-order valence-electron chi connectivity index (χ1n) is 13.3. The van der Waals surface area contributed by atoms with Gasteiger partial charge < -0.3 is 25.3 Å². The zero-order chi connectivity index (χ0) is 25.5. The van der Waals surface area contributed by atoms with Crippen molar-refractivity contribution in [3.8, 4) is 0 Å². The predicted octanol–water partition coefficient (Wildman–Crippen LogP) is 3.01. The van der Waals surface area contributed by atoms with Crippen LogP contribution >= 0.6 is 0 Å². The summed E-state index contributed by atoms with van der Waals surface area (Å²) in [6.45, 7) is 7.49. The van der Waals surface area contributed by atoms with Crippen molar-refractivity contribution in [2.75, 3.05) is 29.9 Å². The van der Waals surface area contributed by atoms with Gasteiger partial charge in [-0.1, -0.05) is 6.92 Å². The molecular formula is C27H35N9O. The molecule has 2 aliphatic rings. The molecule has 1 aliphatic heterocycles. The number of nitrogens with one attached hydrogen (secondary N) is 3. The van der Waals surface area contributed by atoms with Crippen molar-refractivity contribution in [3.63, 3.8) is 0 Å². The van der Waals surface area contributed by atoms with Crippen LogP contribution in [0.3, 0.4) is 0 Å². The summed E-state index contributed by atoms with van der Waals surface area (Å²) >= 11 is 0. The molecule has 3 N–H and O–H groups in total. The van der Waals surface area contributed by atoms with E-state index in [1.807, 2.05) is 43.0 Å². The van der Waals surface area contributed by atoms with Crippen LogP contribution < -0.4 is 20.9 Å². The van der Waals surface area contributed by atoms with E-state index in [2.05, 4.69) is 48.9 Å². The van der Waals surface area contributed by atoms with Gasteiger partial charge in [0.1, 0.15) is 5.52 Å². The molecule has 1 saturated heterocycles. The lowest BCUT2D eigenvalue weighted by atomic mass is 10.0. The molecule has 6 rings (SSSR count). The van der Waals surface area contributed by atoms with Crippen LogP contribution in [-0.4, -0.2) is 61.8 Å². The standard InChI is InChI=1S/C27H35N9O/c1-4-28-13-22-26-31-24(16-36(26)14-17(2)29-22)32-27(37)20-7-8-23(21-15-34(3)33-25(20)21)35-11-9-19(10-12-35)30-18-5-6-18/h7-8,14-16,18-19,28,30H,4-6,9-13H2,1-3H3,(H,32,37). The number of anilines is 2. The number of aromatic nitrogens is 5. The molecule has 37 heavy (non-hydrogen) atoms. The summed E-state index contributed by atoms with van der Waals surface area (Å²) in [4.78, 5) is 25.1. The number of rotatable bonds is 8. The van der Waals surface area contributed by atoms with E-state index in [0.29, 0.717) is 29.5 Å². The Morgan fingerprint density at radius 3 is 2.59 bits per heavy atom. The van der Waals surface area contributed by atoms with Crippen LogP contribution in [0.25, 0.3) is 16.6 Å². The Hall–Kier alpha value is -3.50. The first-order valence-corrected chi connectivity index (χ1v) is 13.3. The van der Waals surface area contributed by atoms with Crippen molar-refractivity contribution < 1.29 is 4.79 Å². The number of carbonyl (C=O) groups is 1. The van der Waals surface area contributed by atoms with E-state index >= 15 is 0 Å². The average molecular weight is 502 g/mol. The number of fused-ring (bicyclic) bond motifs is 2. The van der Waals surface area contributed by atoms with Gasteiger partial charge in [0.25, 0.3) is 5.91 Å². The van der Waals surface area contributed by atoms with Gasteiger partial charge in [-0.25, -0.2) is 4.98 Å². The van der Waals surface area contributed by atoms with Crippen molar-refractivity contribution >= 4 is 34.0 Å². The van der Waals surface area contributed by atoms with Crippen LogP contribution in [0, 0.1) is 6.92 Å². The average Bonchev–Trinajstić information content (AvgIpc) is 3.46. The highest BCUT2D eigenvalue weighted by atomic mass is 16.1. The van der Waals surface area contributed by atoms with Gasteiger partial charge in [-0.15, -0.1) is 0 Å². The van der Waals surface area contributed by atoms with E-state index in [1.165, 1.54) is 12.8 Å². The molecule has 10 nitrogen and oxygen atoms in total. The summed E-state index contributed by atoms with van der Waals surface area (Å²) in [6, 6.07) is 5.32. The molecule has 1 aromatic carbocycles. The third-order valence-corrected chi connectivity index (χ3v) is 7.31. The SMILES string of the molecule is CCNCc1nc(C)cn2cc(NC(=O)c3ccc(N4CCC(NC5CC5)CC4)c4cn(C)nc34)nc12. The van der Waals surface area contributed by atoms with Gasteiger partial charge in [-0.2, -0.15) is 5.10 Å². The van der Waals surface area contributed by atoms with Gasteiger partial charge in [0, 0.05) is 62.2 Å². The lowest BCUT2D eigenvalue weighted by Crippen LogP contribution is -2.43. The molecular weight excluding hydrogens is 466 g/mol. The smallest absolute Gasteiger partial charge is 0.259 e. The molecule has 194 valence electrons. The third kappa shape index (κ3) is 4.91. The summed E-state index contributed by atoms with van der Waals surface area (Å²) in [5.74, 6) is 0.275. The molecule has 2 fully saturated rings. The van der Waals surface area contributed by atoms with E-state index in [-0.39, 0.29) is 5.91 Å². The molecule has 4 heterocycles. The number of benzene rings is 1. The number of piperidine rings is 1. The molecule has 0 bridgehead atoms. The lowest BCUT2D eigenvalue weighted by Gasteiger charge is -2.34. The Bertz CT molecular complexity index is 1440. The number of aryl methyl sites for hydroxylation is 2. The minimum Gasteiger partial charge on any atom is -0.371 e. The molecule has 0 unspecified atom stereocenters. The fourth-order valence-corrected chi connectivity index (χ4v) is 5.34. The number of carbonyl (C=O) groups excluding carboxylic acids is 1. The first-order chi connectivity index (χ1) is 18.0. The minimum atomic E-state index is -0.219. The van der Waals surface area contributed by atoms with Gasteiger partial charge in [0.15, 0.2) is 11.5 Å². The van der Waals surface area contributed by atoms with Crippen LogP contribution in [0.2, 0.25) is 0 Å². The van der Waals surface area contributed by atoms with E-state index in [9.17, 15) is 4.79 Å². The molecule has 1 aliphatic carbocycles. The number of imidazole rings is 1. The Kier molecular flexibility index (Phi) is 6.29. The van der Waals surface area contributed by atoms with Crippen molar-refractivity contribution in [1.29, 1.82) is 0 Å². The third-order valence-electron chi connectivity index (χ3n) is 7.31. The first kappa shape index (κ1) is 23.9. The highest BCUT2D eigenvalue weighted by Gasteiger charge is 2.28. The molecule has 3 aromatic heterocycles. The second-order valence-electron chi connectivity index (χ2n) is 10.3. The van der Waals surface area contributed by atoms with E-state index in [4.69, 9.17) is 0 Å². The topological polar surface area (TPSA) is 104 Å². The molecule has 0 spiro atoms. The Balaban J connectivity index is 1.24. The van der Waals surface area contributed by atoms with E-state index in [1.54, 1.807) is 4.68 Å². The summed E-state index contributed by atoms with van der Waals surface area (Å²) in [5, 5.41) is 15.7. The molecule has 1 saturated carbocycles. The van der Waals surface area contributed by atoms with Gasteiger partial charge in [0.2, 0.25) is 0 Å². The van der Waals surface area contributed by atoms with Crippen molar-refractivity contribution in [1.82, 2.24) is 34.8 Å². The molecule has 0 atom stereocenters. The quantitative estimate of drug-likeness (QED) is 0.341. The van der Waals surface area contributed by atoms with Gasteiger partial charge in [-0.05, 0) is 51.3 Å². The fraction of sp³-hybridized carbons (Fsp3) is 0.481. The van der Waals surface area contributed by atoms with Crippen molar-refractivity contribution in [2.45, 2.75) is 58.2 Å². The highest BCUT2D eigenvalue weighted by molar-refractivity contribution is 6.13. The summed E-state index contributed by atoms with van der Waals surface area (Å²) in [6.07, 6.45) is 10.7. The number of hydrogen-bond acceptors (Lipinski definition) is 7. The second-order valence-corrected chi connectivity index (χ2v) is 10.3. The van der Waals surface area contributed by atoms with Crippen LogP contribution in [0.5, 0.6) is 0 Å². The lowest BCUT2D eigenvalue weighted by molar-refractivity contribution is 0.102. The largest absolute Gasteiger partial charge is 0.371 e. The maximum Gasteiger partial charge on any atom is 0.259 e. The van der Waals surface area contributed by atoms with Crippen molar-refractivity contribution in [3.05, 3.63) is 47.7 Å². The molecule has 0 radical (unpaired) electrons. The van der Waals surface area contributed by atoms with Gasteiger partial charge >= 0.3 is 0 Å². The number of nitrogens with zero attached hydrogens (tertiary/aromatic N) is 6. The highest BCUT2D eigenvalue weighted by Crippen LogP contribution is 2.32. The summed E-state index contributed by atoms with van der Waals surface area (Å²) < 4.78 is 3.71. The van der Waals surface area contributed by atoms with E-state index < -0.39 is 0 Å². The van der Waals surface area contributed by atoms with Gasteiger partial charge in [-0.3, -0.25) is 14.5 Å². The molecule has 10 heteroatoms. The number of amides is 1. The maximum atomic E-state index is 13.4. The van der Waals surface area contributed by atoms with Crippen LogP contribution in [0.4, 0.5) is 11.5 Å².